The van der Waals surface area contributed by atoms with Gasteiger partial charge < -0.3 is 19.3 Å². The maximum Gasteiger partial charge on any atom is 0.333 e. The Morgan fingerprint density at radius 1 is 0.643 bits per heavy atom. The van der Waals surface area contributed by atoms with Crippen molar-refractivity contribution in [2.24, 2.45) is 0 Å². The van der Waals surface area contributed by atoms with Crippen LogP contribution in [0.5, 0.6) is 11.5 Å². The van der Waals surface area contributed by atoms with Crippen LogP contribution in [-0.4, -0.2) is 37.5 Å². The number of benzene rings is 5. The van der Waals surface area contributed by atoms with Crippen LogP contribution >= 0.6 is 0 Å². The molecule has 212 valence electrons. The van der Waals surface area contributed by atoms with Gasteiger partial charge in [0.25, 0.3) is 0 Å². The van der Waals surface area contributed by atoms with Gasteiger partial charge in [0, 0.05) is 25.5 Å². The third-order valence-corrected chi connectivity index (χ3v) is 7.10. The number of carboxylic acids is 1. The Morgan fingerprint density at radius 2 is 1.17 bits per heavy atom. The molecule has 42 heavy (non-hydrogen) atoms. The summed E-state index contributed by atoms with van der Waals surface area (Å²) in [5.74, 6) is 0.577. The Labute approximate surface area is 247 Å². The van der Waals surface area contributed by atoms with Crippen LogP contribution in [0.1, 0.15) is 12.0 Å². The topological polar surface area (TPSA) is 65.0 Å². The zero-order valence-electron chi connectivity index (χ0n) is 23.6. The minimum Gasteiger partial charge on any atom is -0.493 e. The number of carboxylic acid groups (broad SMARTS) is 1. The highest BCUT2D eigenvalue weighted by atomic mass is 16.5. The fraction of sp³-hybridized carbons (Fsp3) is 0.162. The van der Waals surface area contributed by atoms with Crippen molar-refractivity contribution < 1.29 is 24.1 Å². The van der Waals surface area contributed by atoms with Gasteiger partial charge >= 0.3 is 5.97 Å². The SMILES string of the molecule is COC(Cc1ccc(OCCCOc2ccc(-c3ccccc3)cc2)c(-c2ccc(-c3ccccc3)cc2)c1)C(=O)O. The highest BCUT2D eigenvalue weighted by Gasteiger charge is 2.18. The molecule has 0 aliphatic rings. The van der Waals surface area contributed by atoms with Crippen LogP contribution < -0.4 is 9.47 Å². The molecule has 0 aliphatic heterocycles. The van der Waals surface area contributed by atoms with E-state index in [1.54, 1.807) is 0 Å². The summed E-state index contributed by atoms with van der Waals surface area (Å²) in [4.78, 5) is 11.6. The molecule has 5 aromatic carbocycles. The first-order chi connectivity index (χ1) is 20.6. The number of rotatable bonds is 13. The Bertz CT molecular complexity index is 1560. The lowest BCUT2D eigenvalue weighted by Crippen LogP contribution is -2.24. The van der Waals surface area contributed by atoms with Crippen molar-refractivity contribution >= 4 is 5.97 Å². The fourth-order valence-electron chi connectivity index (χ4n) is 4.82. The number of methoxy groups -OCH3 is 1. The summed E-state index contributed by atoms with van der Waals surface area (Å²) in [5.41, 5.74) is 7.36. The summed E-state index contributed by atoms with van der Waals surface area (Å²) in [6.07, 6.45) is 0.0567. The third kappa shape index (κ3) is 7.45. The van der Waals surface area contributed by atoms with E-state index in [1.165, 1.54) is 12.7 Å². The number of aliphatic carboxylic acids is 1. The maximum atomic E-state index is 11.6. The average Bonchev–Trinajstić information content (AvgIpc) is 3.05. The molecule has 0 aromatic heterocycles. The standard InChI is InChI=1S/C37H34O5/c1-40-36(37(38)39)26-27-13-22-35(34(25-27)32-16-14-30(15-17-32)28-9-4-2-5-10-28)42-24-8-23-41-33-20-18-31(19-21-33)29-11-6-3-7-12-29/h2-7,9-22,25,36H,8,23-24,26H2,1H3,(H,38,39). The van der Waals surface area contributed by atoms with Crippen LogP contribution in [0.15, 0.2) is 127 Å². The first-order valence-corrected chi connectivity index (χ1v) is 14.1. The first kappa shape index (κ1) is 28.7. The Hall–Kier alpha value is -4.87. The van der Waals surface area contributed by atoms with Gasteiger partial charge in [-0.2, -0.15) is 0 Å². The summed E-state index contributed by atoms with van der Waals surface area (Å²) < 4.78 is 17.3. The van der Waals surface area contributed by atoms with Crippen molar-refractivity contribution in [1.29, 1.82) is 0 Å². The second-order valence-electron chi connectivity index (χ2n) is 9.98. The average molecular weight is 559 g/mol. The highest BCUT2D eigenvalue weighted by Crippen LogP contribution is 2.33. The van der Waals surface area contributed by atoms with Crippen molar-refractivity contribution in [3.63, 3.8) is 0 Å². The molecule has 5 nitrogen and oxygen atoms in total. The molecule has 0 aliphatic carbocycles. The largest absolute Gasteiger partial charge is 0.493 e. The van der Waals surface area contributed by atoms with Crippen molar-refractivity contribution in [3.05, 3.63) is 133 Å². The molecule has 0 saturated carbocycles. The minimum atomic E-state index is -0.985. The maximum absolute atomic E-state index is 11.6. The molecule has 1 unspecified atom stereocenters. The molecule has 5 heteroatoms. The third-order valence-electron chi connectivity index (χ3n) is 7.10. The van der Waals surface area contributed by atoms with Gasteiger partial charge in [-0.3, -0.25) is 0 Å². The predicted molar refractivity (Wildman–Crippen MR) is 167 cm³/mol. The van der Waals surface area contributed by atoms with E-state index in [0.29, 0.717) is 19.6 Å². The zero-order chi connectivity index (χ0) is 29.1. The molecular formula is C37H34O5. The number of hydrogen-bond acceptors (Lipinski definition) is 4. The van der Waals surface area contributed by atoms with Crippen LogP contribution in [0.4, 0.5) is 0 Å². The summed E-state index contributed by atoms with van der Waals surface area (Å²) >= 11 is 0. The van der Waals surface area contributed by atoms with E-state index >= 15 is 0 Å². The highest BCUT2D eigenvalue weighted by molar-refractivity contribution is 5.76. The predicted octanol–water partition coefficient (Wildman–Crippen LogP) is 8.18. The summed E-state index contributed by atoms with van der Waals surface area (Å²) in [6, 6.07) is 42.7. The van der Waals surface area contributed by atoms with Crippen LogP contribution in [0.2, 0.25) is 0 Å². The quantitative estimate of drug-likeness (QED) is 0.148. The van der Waals surface area contributed by atoms with E-state index in [9.17, 15) is 9.90 Å². The van der Waals surface area contributed by atoms with Gasteiger partial charge in [-0.1, -0.05) is 103 Å². The van der Waals surface area contributed by atoms with Gasteiger partial charge in [0.1, 0.15) is 11.5 Å². The van der Waals surface area contributed by atoms with Crippen molar-refractivity contribution in [3.8, 4) is 44.9 Å². The van der Waals surface area contributed by atoms with Gasteiger partial charge in [-0.25, -0.2) is 4.79 Å². The molecule has 5 rings (SSSR count). The lowest BCUT2D eigenvalue weighted by Gasteiger charge is -2.16. The molecule has 1 N–H and O–H groups in total. The van der Waals surface area contributed by atoms with Crippen LogP contribution in [0.25, 0.3) is 33.4 Å². The zero-order valence-corrected chi connectivity index (χ0v) is 23.6. The second-order valence-corrected chi connectivity index (χ2v) is 9.98. The number of carbonyl (C=O) groups is 1. The van der Waals surface area contributed by atoms with Crippen molar-refractivity contribution in [2.75, 3.05) is 20.3 Å². The molecule has 0 heterocycles. The molecule has 1 atom stereocenters. The Kier molecular flexibility index (Phi) is 9.65. The number of ether oxygens (including phenoxy) is 3. The number of hydrogen-bond donors (Lipinski definition) is 1. The summed E-state index contributed by atoms with van der Waals surface area (Å²) in [6.45, 7) is 1.00. The van der Waals surface area contributed by atoms with E-state index in [1.807, 2.05) is 66.7 Å². The molecule has 0 spiro atoms. The normalized spacial score (nSPS) is 11.5. The van der Waals surface area contributed by atoms with E-state index < -0.39 is 12.1 Å². The Balaban J connectivity index is 1.25. The molecule has 0 bridgehead atoms. The van der Waals surface area contributed by atoms with E-state index in [4.69, 9.17) is 14.2 Å². The lowest BCUT2D eigenvalue weighted by molar-refractivity contribution is -0.148. The monoisotopic (exact) mass is 558 g/mol. The molecule has 0 saturated heterocycles. The van der Waals surface area contributed by atoms with Crippen LogP contribution in [0, 0.1) is 0 Å². The molecule has 0 radical (unpaired) electrons. The lowest BCUT2D eigenvalue weighted by atomic mass is 9.97. The smallest absolute Gasteiger partial charge is 0.333 e. The minimum absolute atomic E-state index is 0.262. The van der Waals surface area contributed by atoms with Gasteiger partial charge in [0.15, 0.2) is 6.10 Å². The molecule has 5 aromatic rings. The van der Waals surface area contributed by atoms with Crippen molar-refractivity contribution in [1.82, 2.24) is 0 Å². The summed E-state index contributed by atoms with van der Waals surface area (Å²) in [5, 5.41) is 9.47. The summed E-state index contributed by atoms with van der Waals surface area (Å²) in [7, 11) is 1.42. The van der Waals surface area contributed by atoms with Crippen molar-refractivity contribution in [2.45, 2.75) is 18.9 Å². The molecule has 0 fully saturated rings. The van der Waals surface area contributed by atoms with Crippen LogP contribution in [-0.2, 0) is 16.0 Å². The second kappa shape index (κ2) is 14.2. The van der Waals surface area contributed by atoms with Gasteiger partial charge in [0.05, 0.1) is 13.2 Å². The van der Waals surface area contributed by atoms with Gasteiger partial charge in [-0.05, 0) is 57.6 Å². The van der Waals surface area contributed by atoms with E-state index in [2.05, 4.69) is 60.7 Å². The van der Waals surface area contributed by atoms with Gasteiger partial charge in [-0.15, -0.1) is 0 Å². The van der Waals surface area contributed by atoms with E-state index in [-0.39, 0.29) is 6.42 Å². The first-order valence-electron chi connectivity index (χ1n) is 14.1. The molecule has 0 amide bonds. The van der Waals surface area contributed by atoms with E-state index in [0.717, 1.165) is 44.9 Å². The Morgan fingerprint density at radius 3 is 1.74 bits per heavy atom. The van der Waals surface area contributed by atoms with Crippen LogP contribution in [0.3, 0.4) is 0 Å². The van der Waals surface area contributed by atoms with Gasteiger partial charge in [0.2, 0.25) is 0 Å². The molecular weight excluding hydrogens is 524 g/mol. The fourth-order valence-corrected chi connectivity index (χ4v) is 4.82.